The highest BCUT2D eigenvalue weighted by Crippen LogP contribution is 2.31. The molecule has 1 heterocycles. The molecule has 0 aliphatic heterocycles. The van der Waals surface area contributed by atoms with Crippen molar-refractivity contribution in [1.82, 2.24) is 9.88 Å². The van der Waals surface area contributed by atoms with E-state index in [0.29, 0.717) is 16.8 Å². The number of carbonyl (C=O) groups excluding carboxylic acids is 1. The summed E-state index contributed by atoms with van der Waals surface area (Å²) in [5.41, 5.74) is 0.665. The Bertz CT molecular complexity index is 667. The van der Waals surface area contributed by atoms with Gasteiger partial charge in [-0.2, -0.15) is 0 Å². The van der Waals surface area contributed by atoms with Gasteiger partial charge in [0.15, 0.2) is 0 Å². The number of hydrogen-bond acceptors (Lipinski definition) is 2. The van der Waals surface area contributed by atoms with Crippen LogP contribution in [0.1, 0.15) is 43.0 Å². The van der Waals surface area contributed by atoms with Crippen LogP contribution in [0.2, 0.25) is 5.15 Å². The molecule has 3 nitrogen and oxygen atoms in total. The van der Waals surface area contributed by atoms with Gasteiger partial charge in [-0.15, -0.1) is 0 Å². The Labute approximate surface area is 129 Å². The number of amides is 1. The van der Waals surface area contributed by atoms with Gasteiger partial charge in [0.25, 0.3) is 5.91 Å². The molecule has 1 aliphatic rings. The number of fused-ring (bicyclic) bond motifs is 1. The van der Waals surface area contributed by atoms with E-state index in [9.17, 15) is 4.79 Å². The Balaban J connectivity index is 1.98. The Morgan fingerprint density at radius 2 is 2.05 bits per heavy atom. The zero-order valence-corrected chi connectivity index (χ0v) is 12.9. The molecule has 0 atom stereocenters. The van der Waals surface area contributed by atoms with Crippen molar-refractivity contribution >= 4 is 28.3 Å². The van der Waals surface area contributed by atoms with Crippen LogP contribution in [0.4, 0.5) is 0 Å². The van der Waals surface area contributed by atoms with Crippen LogP contribution in [-0.4, -0.2) is 28.4 Å². The molecule has 1 aromatic carbocycles. The van der Waals surface area contributed by atoms with Gasteiger partial charge in [-0.05, 0) is 24.6 Å². The minimum atomic E-state index is 0.0892. The van der Waals surface area contributed by atoms with Gasteiger partial charge in [0.2, 0.25) is 0 Å². The summed E-state index contributed by atoms with van der Waals surface area (Å²) in [5, 5.41) is 2.19. The van der Waals surface area contributed by atoms with Crippen molar-refractivity contribution in [3.63, 3.8) is 0 Å². The van der Waals surface area contributed by atoms with Gasteiger partial charge in [-0.25, -0.2) is 4.98 Å². The van der Waals surface area contributed by atoms with Crippen LogP contribution in [0.25, 0.3) is 10.8 Å². The van der Waals surface area contributed by atoms with E-state index < -0.39 is 0 Å². The molecule has 1 saturated carbocycles. The van der Waals surface area contributed by atoms with Gasteiger partial charge in [0.1, 0.15) is 5.15 Å². The third-order valence-electron chi connectivity index (χ3n) is 3.98. The van der Waals surface area contributed by atoms with Crippen molar-refractivity contribution in [2.75, 3.05) is 6.54 Å². The number of nitrogens with zero attached hydrogens (tertiary/aromatic N) is 2. The minimum absolute atomic E-state index is 0.0892. The Morgan fingerprint density at radius 3 is 2.71 bits per heavy atom. The first-order chi connectivity index (χ1) is 10.2. The number of pyridine rings is 1. The highest BCUT2D eigenvalue weighted by molar-refractivity contribution is 6.34. The van der Waals surface area contributed by atoms with Gasteiger partial charge >= 0.3 is 0 Å². The number of rotatable bonds is 5. The second-order valence-corrected chi connectivity index (χ2v) is 5.95. The highest BCUT2D eigenvalue weighted by atomic mass is 35.5. The third-order valence-corrected chi connectivity index (χ3v) is 4.28. The molecule has 1 fully saturated rings. The van der Waals surface area contributed by atoms with Gasteiger partial charge in [-0.1, -0.05) is 49.2 Å². The summed E-state index contributed by atoms with van der Waals surface area (Å²) < 4.78 is 0. The molecule has 4 heteroatoms. The quantitative estimate of drug-likeness (QED) is 0.772. The zero-order valence-electron chi connectivity index (χ0n) is 12.2. The molecule has 110 valence electrons. The summed E-state index contributed by atoms with van der Waals surface area (Å²) in [6.07, 6.45) is 5.99. The molecule has 0 saturated heterocycles. The molecule has 1 aromatic heterocycles. The van der Waals surface area contributed by atoms with Crippen molar-refractivity contribution in [3.8, 4) is 0 Å². The molecule has 0 bridgehead atoms. The maximum absolute atomic E-state index is 12.9. The maximum atomic E-state index is 12.9. The number of aromatic nitrogens is 1. The summed E-state index contributed by atoms with van der Waals surface area (Å²) in [5.74, 6) is 0.0892. The average molecular weight is 303 g/mol. The number of halogens is 1. The zero-order chi connectivity index (χ0) is 14.8. The summed E-state index contributed by atoms with van der Waals surface area (Å²) in [6.45, 7) is 2.98. The second kappa shape index (κ2) is 6.02. The second-order valence-electron chi connectivity index (χ2n) is 5.59. The smallest absolute Gasteiger partial charge is 0.256 e. The van der Waals surface area contributed by atoms with E-state index in [4.69, 9.17) is 11.6 Å². The molecule has 0 N–H and O–H groups in total. The van der Waals surface area contributed by atoms with E-state index in [1.54, 1.807) is 6.20 Å². The first-order valence-electron chi connectivity index (χ1n) is 7.56. The molecule has 3 rings (SSSR count). The lowest BCUT2D eigenvalue weighted by atomic mass is 10.1. The number of unbranched alkanes of at least 4 members (excludes halogenated alkanes) is 1. The molecule has 2 aromatic rings. The van der Waals surface area contributed by atoms with Gasteiger partial charge in [0, 0.05) is 24.2 Å². The molecule has 1 aliphatic carbocycles. The van der Waals surface area contributed by atoms with Crippen molar-refractivity contribution in [1.29, 1.82) is 0 Å². The van der Waals surface area contributed by atoms with Crippen LogP contribution in [-0.2, 0) is 0 Å². The van der Waals surface area contributed by atoms with Gasteiger partial charge in [-0.3, -0.25) is 4.79 Å². The topological polar surface area (TPSA) is 33.2 Å². The van der Waals surface area contributed by atoms with Crippen LogP contribution in [0, 0.1) is 0 Å². The first kappa shape index (κ1) is 14.3. The van der Waals surface area contributed by atoms with Crippen molar-refractivity contribution < 1.29 is 4.79 Å². The lowest BCUT2D eigenvalue weighted by Crippen LogP contribution is -2.34. The van der Waals surface area contributed by atoms with Gasteiger partial charge in [0.05, 0.1) is 5.56 Å². The Kier molecular flexibility index (Phi) is 4.11. The van der Waals surface area contributed by atoms with Crippen molar-refractivity contribution in [2.45, 2.75) is 38.6 Å². The van der Waals surface area contributed by atoms with E-state index in [0.717, 1.165) is 43.0 Å². The van der Waals surface area contributed by atoms with Crippen LogP contribution < -0.4 is 0 Å². The molecule has 0 spiro atoms. The van der Waals surface area contributed by atoms with E-state index in [1.807, 2.05) is 29.2 Å². The first-order valence-corrected chi connectivity index (χ1v) is 7.94. The lowest BCUT2D eigenvalue weighted by Gasteiger charge is -2.23. The summed E-state index contributed by atoms with van der Waals surface area (Å²) in [4.78, 5) is 19.1. The molecular formula is C17H19ClN2O. The van der Waals surface area contributed by atoms with Crippen LogP contribution >= 0.6 is 11.6 Å². The summed E-state index contributed by atoms with van der Waals surface area (Å²) in [6, 6.07) is 8.12. The highest BCUT2D eigenvalue weighted by Gasteiger charge is 2.33. The monoisotopic (exact) mass is 302 g/mol. The third kappa shape index (κ3) is 2.88. The van der Waals surface area contributed by atoms with Crippen molar-refractivity contribution in [2.24, 2.45) is 0 Å². The molecule has 21 heavy (non-hydrogen) atoms. The predicted molar refractivity (Wildman–Crippen MR) is 85.7 cm³/mol. The largest absolute Gasteiger partial charge is 0.336 e. The van der Waals surface area contributed by atoms with E-state index >= 15 is 0 Å². The van der Waals surface area contributed by atoms with Crippen LogP contribution in [0.5, 0.6) is 0 Å². The summed E-state index contributed by atoms with van der Waals surface area (Å²) in [7, 11) is 0. The number of benzene rings is 1. The lowest BCUT2D eigenvalue weighted by molar-refractivity contribution is 0.0742. The Morgan fingerprint density at radius 1 is 1.33 bits per heavy atom. The maximum Gasteiger partial charge on any atom is 0.256 e. The number of carbonyl (C=O) groups is 1. The van der Waals surface area contributed by atoms with Gasteiger partial charge < -0.3 is 4.90 Å². The fraction of sp³-hybridized carbons (Fsp3) is 0.412. The van der Waals surface area contributed by atoms with Crippen LogP contribution in [0.3, 0.4) is 0 Å². The van der Waals surface area contributed by atoms with E-state index in [-0.39, 0.29) is 5.91 Å². The molecule has 0 radical (unpaired) electrons. The minimum Gasteiger partial charge on any atom is -0.336 e. The average Bonchev–Trinajstić information content (AvgIpc) is 3.33. The SMILES string of the molecule is CCCCN(C(=O)c1cnc(Cl)c2ccccc12)C1CC1. The fourth-order valence-electron chi connectivity index (χ4n) is 2.65. The van der Waals surface area contributed by atoms with Crippen LogP contribution in [0.15, 0.2) is 30.5 Å². The standard InChI is InChI=1S/C17H19ClN2O/c1-2-3-10-20(12-8-9-12)17(21)15-11-19-16(18)14-7-5-4-6-13(14)15/h4-7,11-12H,2-3,8-10H2,1H3. The summed E-state index contributed by atoms with van der Waals surface area (Å²) >= 11 is 6.14. The predicted octanol–water partition coefficient (Wildman–Crippen LogP) is 4.29. The normalized spacial score (nSPS) is 14.4. The molecule has 0 unspecified atom stereocenters. The number of hydrogen-bond donors (Lipinski definition) is 0. The Hall–Kier alpha value is -1.61. The molecule has 1 amide bonds. The molecular weight excluding hydrogens is 284 g/mol. The van der Waals surface area contributed by atoms with Crippen molar-refractivity contribution in [3.05, 3.63) is 41.2 Å². The van der Waals surface area contributed by atoms with E-state index in [1.165, 1.54) is 0 Å². The fourth-order valence-corrected chi connectivity index (χ4v) is 2.86. The van der Waals surface area contributed by atoms with E-state index in [2.05, 4.69) is 11.9 Å².